The van der Waals surface area contributed by atoms with E-state index in [9.17, 15) is 18.0 Å². The fourth-order valence-corrected chi connectivity index (χ4v) is 3.03. The predicted molar refractivity (Wildman–Crippen MR) is 100 cm³/mol. The molecule has 0 fully saturated rings. The number of carbonyl (C=O) groups is 2. The second-order valence-corrected chi connectivity index (χ2v) is 8.04. The van der Waals surface area contributed by atoms with Crippen molar-refractivity contribution in [3.05, 3.63) is 60.2 Å². The van der Waals surface area contributed by atoms with Crippen LogP contribution in [0.15, 0.2) is 59.5 Å². The summed E-state index contributed by atoms with van der Waals surface area (Å²) in [7, 11) is -3.27. The van der Waals surface area contributed by atoms with E-state index in [1.165, 1.54) is 19.1 Å². The lowest BCUT2D eigenvalue weighted by Crippen LogP contribution is -2.31. The molecule has 2 amide bonds. The van der Waals surface area contributed by atoms with Crippen LogP contribution in [-0.4, -0.2) is 37.9 Å². The number of nitrogens with zero attached hydrogens (tertiary/aromatic N) is 1. The number of anilines is 1. The second kappa shape index (κ2) is 8.62. The standard InChI is InChI=1S/C19H22N2O4S/c1-15(22)21(14-16-6-4-3-5-7-16)13-12-19(23)20-17-8-10-18(11-9-17)26(2,24)25/h3-11H,12-14H2,1-2H3,(H,20,23). The molecule has 0 aromatic heterocycles. The quantitative estimate of drug-likeness (QED) is 0.807. The minimum absolute atomic E-state index is 0.0980. The van der Waals surface area contributed by atoms with Crippen molar-refractivity contribution in [1.29, 1.82) is 0 Å². The van der Waals surface area contributed by atoms with E-state index in [4.69, 9.17) is 0 Å². The first-order valence-electron chi connectivity index (χ1n) is 8.15. The minimum atomic E-state index is -3.27. The Balaban J connectivity index is 1.91. The largest absolute Gasteiger partial charge is 0.338 e. The molecule has 0 radical (unpaired) electrons. The Bertz CT molecular complexity index is 862. The second-order valence-electron chi connectivity index (χ2n) is 6.02. The molecule has 138 valence electrons. The van der Waals surface area contributed by atoms with Gasteiger partial charge in [-0.2, -0.15) is 0 Å². The van der Waals surface area contributed by atoms with Crippen molar-refractivity contribution < 1.29 is 18.0 Å². The van der Waals surface area contributed by atoms with Gasteiger partial charge in [-0.15, -0.1) is 0 Å². The summed E-state index contributed by atoms with van der Waals surface area (Å²) < 4.78 is 22.9. The van der Waals surface area contributed by atoms with Crippen LogP contribution in [0.2, 0.25) is 0 Å². The summed E-state index contributed by atoms with van der Waals surface area (Å²) in [5, 5.41) is 2.71. The first-order chi connectivity index (χ1) is 12.3. The molecule has 0 heterocycles. The fraction of sp³-hybridized carbons (Fsp3) is 0.263. The van der Waals surface area contributed by atoms with Crippen LogP contribution in [0.1, 0.15) is 18.9 Å². The molecule has 0 spiro atoms. The molecule has 0 aliphatic carbocycles. The third-order valence-corrected chi connectivity index (χ3v) is 4.97. The Hall–Kier alpha value is -2.67. The molecule has 2 aromatic carbocycles. The summed E-state index contributed by atoms with van der Waals surface area (Å²) in [5.41, 5.74) is 1.51. The monoisotopic (exact) mass is 374 g/mol. The lowest BCUT2D eigenvalue weighted by molar-refractivity contribution is -0.129. The van der Waals surface area contributed by atoms with Crippen LogP contribution >= 0.6 is 0 Å². The van der Waals surface area contributed by atoms with Crippen LogP contribution in [-0.2, 0) is 26.0 Å². The lowest BCUT2D eigenvalue weighted by atomic mass is 10.2. The molecule has 0 aliphatic rings. The van der Waals surface area contributed by atoms with Gasteiger partial charge in [0.05, 0.1) is 4.90 Å². The summed E-state index contributed by atoms with van der Waals surface area (Å²) in [6.07, 6.45) is 1.28. The van der Waals surface area contributed by atoms with Gasteiger partial charge in [0, 0.05) is 38.4 Å². The van der Waals surface area contributed by atoms with Gasteiger partial charge >= 0.3 is 0 Å². The molecule has 0 unspecified atom stereocenters. The van der Waals surface area contributed by atoms with Crippen molar-refractivity contribution in [2.24, 2.45) is 0 Å². The van der Waals surface area contributed by atoms with Gasteiger partial charge in [-0.25, -0.2) is 8.42 Å². The van der Waals surface area contributed by atoms with Gasteiger partial charge in [-0.1, -0.05) is 30.3 Å². The summed E-state index contributed by atoms with van der Waals surface area (Å²) in [4.78, 5) is 25.7. The van der Waals surface area contributed by atoms with E-state index in [0.29, 0.717) is 18.8 Å². The number of hydrogen-bond donors (Lipinski definition) is 1. The number of hydrogen-bond acceptors (Lipinski definition) is 4. The molecule has 26 heavy (non-hydrogen) atoms. The number of carbonyl (C=O) groups excluding carboxylic acids is 2. The Morgan fingerprint density at radius 3 is 2.15 bits per heavy atom. The maximum atomic E-state index is 12.1. The first-order valence-corrected chi connectivity index (χ1v) is 10.0. The highest BCUT2D eigenvalue weighted by Crippen LogP contribution is 2.14. The van der Waals surface area contributed by atoms with Crippen molar-refractivity contribution >= 4 is 27.3 Å². The first kappa shape index (κ1) is 19.7. The van der Waals surface area contributed by atoms with Crippen LogP contribution in [0.25, 0.3) is 0 Å². The summed E-state index contributed by atoms with van der Waals surface area (Å²) in [6, 6.07) is 15.6. The van der Waals surface area contributed by atoms with Crippen LogP contribution in [0.5, 0.6) is 0 Å². The molecular formula is C19H22N2O4S. The normalized spacial score (nSPS) is 11.0. The smallest absolute Gasteiger partial charge is 0.226 e. The lowest BCUT2D eigenvalue weighted by Gasteiger charge is -2.21. The average molecular weight is 374 g/mol. The number of sulfone groups is 1. The van der Waals surface area contributed by atoms with E-state index < -0.39 is 9.84 Å². The van der Waals surface area contributed by atoms with E-state index in [2.05, 4.69) is 5.32 Å². The van der Waals surface area contributed by atoms with E-state index in [1.54, 1.807) is 17.0 Å². The van der Waals surface area contributed by atoms with Crippen LogP contribution in [0, 0.1) is 0 Å². The van der Waals surface area contributed by atoms with Gasteiger partial charge in [0.25, 0.3) is 0 Å². The van der Waals surface area contributed by atoms with Crippen LogP contribution in [0.4, 0.5) is 5.69 Å². The van der Waals surface area contributed by atoms with Crippen molar-refractivity contribution in [1.82, 2.24) is 4.90 Å². The number of benzene rings is 2. The predicted octanol–water partition coefficient (Wildman–Crippen LogP) is 2.47. The molecule has 0 atom stereocenters. The number of amides is 2. The zero-order valence-electron chi connectivity index (χ0n) is 14.8. The molecule has 0 bridgehead atoms. The summed E-state index contributed by atoms with van der Waals surface area (Å²) in [5.74, 6) is -0.337. The molecular weight excluding hydrogens is 352 g/mol. The Kier molecular flexibility index (Phi) is 6.52. The van der Waals surface area contributed by atoms with Crippen molar-refractivity contribution in [2.75, 3.05) is 18.1 Å². The van der Waals surface area contributed by atoms with E-state index in [0.717, 1.165) is 11.8 Å². The summed E-state index contributed by atoms with van der Waals surface area (Å²) >= 11 is 0. The Labute approximate surface area is 153 Å². The molecule has 1 N–H and O–H groups in total. The van der Waals surface area contributed by atoms with E-state index in [1.807, 2.05) is 30.3 Å². The molecule has 0 saturated heterocycles. The molecule has 2 aromatic rings. The molecule has 2 rings (SSSR count). The minimum Gasteiger partial charge on any atom is -0.338 e. The zero-order valence-corrected chi connectivity index (χ0v) is 15.6. The van der Waals surface area contributed by atoms with Gasteiger partial charge in [0.15, 0.2) is 9.84 Å². The topological polar surface area (TPSA) is 83.6 Å². The molecule has 0 saturated carbocycles. The highest BCUT2D eigenvalue weighted by atomic mass is 32.2. The van der Waals surface area contributed by atoms with Crippen LogP contribution < -0.4 is 5.32 Å². The van der Waals surface area contributed by atoms with Gasteiger partial charge < -0.3 is 10.2 Å². The molecule has 7 heteroatoms. The molecule has 6 nitrogen and oxygen atoms in total. The van der Waals surface area contributed by atoms with Crippen molar-refractivity contribution in [3.63, 3.8) is 0 Å². The van der Waals surface area contributed by atoms with Gasteiger partial charge in [-0.05, 0) is 29.8 Å². The van der Waals surface area contributed by atoms with Crippen LogP contribution in [0.3, 0.4) is 0 Å². The summed E-state index contributed by atoms with van der Waals surface area (Å²) in [6.45, 7) is 2.23. The van der Waals surface area contributed by atoms with Gasteiger partial charge in [0.1, 0.15) is 0 Å². The Morgan fingerprint density at radius 2 is 1.62 bits per heavy atom. The van der Waals surface area contributed by atoms with Crippen molar-refractivity contribution in [2.45, 2.75) is 24.8 Å². The third-order valence-electron chi connectivity index (χ3n) is 3.84. The fourth-order valence-electron chi connectivity index (χ4n) is 2.40. The van der Waals surface area contributed by atoms with Crippen molar-refractivity contribution in [3.8, 4) is 0 Å². The zero-order chi connectivity index (χ0) is 19.2. The average Bonchev–Trinajstić information content (AvgIpc) is 2.59. The third kappa shape index (κ3) is 6.00. The maximum Gasteiger partial charge on any atom is 0.226 e. The number of nitrogens with one attached hydrogen (secondary N) is 1. The highest BCUT2D eigenvalue weighted by molar-refractivity contribution is 7.90. The van der Waals surface area contributed by atoms with Gasteiger partial charge in [-0.3, -0.25) is 9.59 Å². The highest BCUT2D eigenvalue weighted by Gasteiger charge is 2.12. The Morgan fingerprint density at radius 1 is 1.00 bits per heavy atom. The van der Waals surface area contributed by atoms with E-state index in [-0.39, 0.29) is 23.1 Å². The number of rotatable bonds is 7. The molecule has 0 aliphatic heterocycles. The SMILES string of the molecule is CC(=O)N(CCC(=O)Nc1ccc(S(C)(=O)=O)cc1)Cc1ccccc1. The van der Waals surface area contributed by atoms with E-state index >= 15 is 0 Å². The maximum absolute atomic E-state index is 12.1. The van der Waals surface area contributed by atoms with Gasteiger partial charge in [0.2, 0.25) is 11.8 Å².